The van der Waals surface area contributed by atoms with E-state index < -0.39 is 26.5 Å². The van der Waals surface area contributed by atoms with Crippen molar-refractivity contribution in [2.75, 3.05) is 5.75 Å². The molecule has 3 rings (SSSR count). The lowest BCUT2D eigenvalue weighted by molar-refractivity contribution is -0.384. The van der Waals surface area contributed by atoms with Crippen molar-refractivity contribution in [2.45, 2.75) is 17.7 Å². The van der Waals surface area contributed by atoms with Crippen molar-refractivity contribution >= 4 is 43.0 Å². The molecule has 0 fully saturated rings. The Kier molecular flexibility index (Phi) is 5.89. The molecule has 0 radical (unpaired) electrons. The van der Waals surface area contributed by atoms with Gasteiger partial charge in [0.15, 0.2) is 14.6 Å². The zero-order valence-corrected chi connectivity index (χ0v) is 16.9. The van der Waals surface area contributed by atoms with Gasteiger partial charge in [0.2, 0.25) is 5.91 Å². The molecule has 0 saturated heterocycles. The van der Waals surface area contributed by atoms with Gasteiger partial charge in [0.1, 0.15) is 5.82 Å². The Hall–Kier alpha value is -2.92. The van der Waals surface area contributed by atoms with Crippen LogP contribution in [0.1, 0.15) is 12.8 Å². The second-order valence-electron chi connectivity index (χ2n) is 6.23. The fourth-order valence-electron chi connectivity index (χ4n) is 2.68. The second kappa shape index (κ2) is 8.21. The Balaban J connectivity index is 1.71. The smallest absolute Gasteiger partial charge is 0.270 e. The van der Waals surface area contributed by atoms with E-state index in [-0.39, 0.29) is 29.2 Å². The number of non-ortho nitro benzene ring substituents is 1. The normalized spacial score (nSPS) is 12.4. The Bertz CT molecular complexity index is 1260. The van der Waals surface area contributed by atoms with Crippen molar-refractivity contribution in [3.63, 3.8) is 0 Å². The molecule has 0 spiro atoms. The van der Waals surface area contributed by atoms with Crippen LogP contribution in [0.4, 0.5) is 10.1 Å². The predicted molar refractivity (Wildman–Crippen MR) is 106 cm³/mol. The summed E-state index contributed by atoms with van der Waals surface area (Å²) in [6.45, 7) is 0. The standard InChI is InChI=1S/C18H16FN3O5S2/c1-21-15-9-6-13(22(24)25)11-16(15)28-18(21)20-17(23)3-2-10-29(26,27)14-7-4-12(19)5-8-14/h4-9,11H,2-3,10H2,1H3. The first kappa shape index (κ1) is 20.8. The Morgan fingerprint density at radius 2 is 1.93 bits per heavy atom. The van der Waals surface area contributed by atoms with Crippen LogP contribution >= 0.6 is 11.3 Å². The predicted octanol–water partition coefficient (Wildman–Crippen LogP) is 2.97. The number of hydrogen-bond donors (Lipinski definition) is 0. The fourth-order valence-corrected chi connectivity index (χ4v) is 5.06. The Labute approximate surface area is 169 Å². The minimum Gasteiger partial charge on any atom is -0.319 e. The van der Waals surface area contributed by atoms with Crippen LogP contribution < -0.4 is 4.80 Å². The summed E-state index contributed by atoms with van der Waals surface area (Å²) in [4.78, 5) is 26.9. The summed E-state index contributed by atoms with van der Waals surface area (Å²) in [6, 6.07) is 8.89. The summed E-state index contributed by atoms with van der Waals surface area (Å²) in [5.74, 6) is -1.28. The van der Waals surface area contributed by atoms with Gasteiger partial charge in [-0.25, -0.2) is 12.8 Å². The largest absolute Gasteiger partial charge is 0.319 e. The SMILES string of the molecule is Cn1c(=NC(=O)CCCS(=O)(=O)c2ccc(F)cc2)sc2cc([N+](=O)[O-])ccc21. The van der Waals surface area contributed by atoms with E-state index in [2.05, 4.69) is 4.99 Å². The topological polar surface area (TPSA) is 112 Å². The number of benzene rings is 2. The average Bonchev–Trinajstić information content (AvgIpc) is 2.97. The monoisotopic (exact) mass is 437 g/mol. The van der Waals surface area contributed by atoms with Gasteiger partial charge in [-0.05, 0) is 36.8 Å². The van der Waals surface area contributed by atoms with E-state index in [0.29, 0.717) is 15.0 Å². The zero-order chi connectivity index (χ0) is 21.2. The number of nitro benzene ring substituents is 1. The molecular formula is C18H16FN3O5S2. The van der Waals surface area contributed by atoms with Crippen molar-refractivity contribution in [2.24, 2.45) is 12.0 Å². The lowest BCUT2D eigenvalue weighted by atomic mass is 10.3. The molecule has 0 aliphatic carbocycles. The van der Waals surface area contributed by atoms with Crippen molar-refractivity contribution in [1.29, 1.82) is 0 Å². The fraction of sp³-hybridized carbons (Fsp3) is 0.222. The minimum absolute atomic E-state index is 0.000730. The molecule has 0 unspecified atom stereocenters. The lowest BCUT2D eigenvalue weighted by Gasteiger charge is -2.03. The van der Waals surface area contributed by atoms with Crippen molar-refractivity contribution in [3.05, 3.63) is 63.2 Å². The van der Waals surface area contributed by atoms with Gasteiger partial charge in [0.25, 0.3) is 5.69 Å². The summed E-state index contributed by atoms with van der Waals surface area (Å²) >= 11 is 1.14. The second-order valence-corrected chi connectivity index (χ2v) is 9.35. The number of aryl methyl sites for hydroxylation is 1. The van der Waals surface area contributed by atoms with E-state index in [1.54, 1.807) is 17.7 Å². The van der Waals surface area contributed by atoms with Crippen LogP contribution in [0.5, 0.6) is 0 Å². The molecule has 0 aliphatic heterocycles. The number of fused-ring (bicyclic) bond motifs is 1. The number of thiazole rings is 1. The molecule has 0 aliphatic rings. The molecular weight excluding hydrogens is 421 g/mol. The van der Waals surface area contributed by atoms with E-state index in [0.717, 1.165) is 23.5 Å². The van der Waals surface area contributed by atoms with E-state index in [1.165, 1.54) is 24.3 Å². The summed E-state index contributed by atoms with van der Waals surface area (Å²) in [5, 5.41) is 10.9. The first-order valence-corrected chi connectivity index (χ1v) is 10.9. The molecule has 29 heavy (non-hydrogen) atoms. The van der Waals surface area contributed by atoms with Crippen molar-refractivity contribution in [3.8, 4) is 0 Å². The molecule has 0 bridgehead atoms. The molecule has 0 saturated carbocycles. The number of carbonyl (C=O) groups excluding carboxylic acids is 1. The number of amides is 1. The van der Waals surface area contributed by atoms with Gasteiger partial charge in [0, 0.05) is 25.6 Å². The maximum atomic E-state index is 12.9. The number of carbonyl (C=O) groups is 1. The van der Waals surface area contributed by atoms with Gasteiger partial charge in [0.05, 0.1) is 25.8 Å². The van der Waals surface area contributed by atoms with E-state index in [1.807, 2.05) is 0 Å². The number of sulfone groups is 1. The highest BCUT2D eigenvalue weighted by Crippen LogP contribution is 2.22. The van der Waals surface area contributed by atoms with Crippen LogP contribution in [0, 0.1) is 15.9 Å². The third kappa shape index (κ3) is 4.74. The maximum Gasteiger partial charge on any atom is 0.270 e. The van der Waals surface area contributed by atoms with E-state index in [9.17, 15) is 27.7 Å². The average molecular weight is 437 g/mol. The highest BCUT2D eigenvalue weighted by molar-refractivity contribution is 7.91. The minimum atomic E-state index is -3.61. The van der Waals surface area contributed by atoms with Crippen LogP contribution in [0.25, 0.3) is 10.2 Å². The van der Waals surface area contributed by atoms with Gasteiger partial charge < -0.3 is 4.57 Å². The summed E-state index contributed by atoms with van der Waals surface area (Å²) in [6.07, 6.45) is -0.00303. The summed E-state index contributed by atoms with van der Waals surface area (Å²) in [5.41, 5.74) is 0.647. The van der Waals surface area contributed by atoms with Crippen LogP contribution in [0.15, 0.2) is 52.4 Å². The number of nitrogens with zero attached hydrogens (tertiary/aromatic N) is 3. The third-order valence-electron chi connectivity index (χ3n) is 4.20. The van der Waals surface area contributed by atoms with Crippen LogP contribution in [-0.2, 0) is 21.7 Å². The van der Waals surface area contributed by atoms with E-state index >= 15 is 0 Å². The number of halogens is 1. The summed E-state index contributed by atoms with van der Waals surface area (Å²) in [7, 11) is -1.92. The maximum absolute atomic E-state index is 12.9. The third-order valence-corrected chi connectivity index (χ3v) is 7.11. The highest BCUT2D eigenvalue weighted by Gasteiger charge is 2.15. The highest BCUT2D eigenvalue weighted by atomic mass is 32.2. The van der Waals surface area contributed by atoms with Crippen LogP contribution in [0.3, 0.4) is 0 Å². The number of aromatic nitrogens is 1. The van der Waals surface area contributed by atoms with Crippen molar-refractivity contribution < 1.29 is 22.5 Å². The molecule has 1 heterocycles. The van der Waals surface area contributed by atoms with Crippen molar-refractivity contribution in [1.82, 2.24) is 4.57 Å². The van der Waals surface area contributed by atoms with Crippen LogP contribution in [-0.4, -0.2) is 29.6 Å². The molecule has 1 amide bonds. The molecule has 0 N–H and O–H groups in total. The first-order valence-electron chi connectivity index (χ1n) is 8.47. The van der Waals surface area contributed by atoms with Gasteiger partial charge in [-0.2, -0.15) is 4.99 Å². The number of nitro groups is 1. The first-order chi connectivity index (χ1) is 13.7. The molecule has 2 aromatic carbocycles. The quantitative estimate of drug-likeness (QED) is 0.334. The number of rotatable bonds is 6. The Morgan fingerprint density at radius 3 is 2.59 bits per heavy atom. The molecule has 8 nitrogen and oxygen atoms in total. The van der Waals surface area contributed by atoms with Crippen LogP contribution in [0.2, 0.25) is 0 Å². The molecule has 0 atom stereocenters. The molecule has 152 valence electrons. The van der Waals surface area contributed by atoms with E-state index in [4.69, 9.17) is 0 Å². The lowest BCUT2D eigenvalue weighted by Crippen LogP contribution is -2.14. The number of hydrogen-bond acceptors (Lipinski definition) is 6. The molecule has 1 aromatic heterocycles. The molecule has 11 heteroatoms. The van der Waals surface area contributed by atoms with Gasteiger partial charge >= 0.3 is 0 Å². The van der Waals surface area contributed by atoms with Gasteiger partial charge in [-0.3, -0.25) is 14.9 Å². The zero-order valence-electron chi connectivity index (χ0n) is 15.2. The molecule has 3 aromatic rings. The van der Waals surface area contributed by atoms with Gasteiger partial charge in [-0.1, -0.05) is 11.3 Å². The van der Waals surface area contributed by atoms with Gasteiger partial charge in [-0.15, -0.1) is 0 Å². The Morgan fingerprint density at radius 1 is 1.24 bits per heavy atom. The summed E-state index contributed by atoms with van der Waals surface area (Å²) < 4.78 is 39.6.